The van der Waals surface area contributed by atoms with E-state index in [4.69, 9.17) is 0 Å². The summed E-state index contributed by atoms with van der Waals surface area (Å²) in [7, 11) is 0. The molecule has 0 heterocycles. The Morgan fingerprint density at radius 3 is 2.43 bits per heavy atom. The molecule has 0 aromatic heterocycles. The lowest BCUT2D eigenvalue weighted by Gasteiger charge is -2.23. The molecule has 1 saturated carbocycles. The first-order valence-electron chi connectivity index (χ1n) is 9.58. The van der Waals surface area contributed by atoms with Crippen LogP contribution < -0.4 is 16.0 Å². The third-order valence-corrected chi connectivity index (χ3v) is 5.01. The molecule has 3 rings (SSSR count). The van der Waals surface area contributed by atoms with Gasteiger partial charge in [-0.3, -0.25) is 4.79 Å². The fourth-order valence-corrected chi connectivity index (χ4v) is 3.53. The summed E-state index contributed by atoms with van der Waals surface area (Å²) in [5.74, 6) is -1.71. The number of carboxylic acids is 1. The van der Waals surface area contributed by atoms with Gasteiger partial charge in [-0.2, -0.15) is 0 Å². The number of hydrogen-bond donors (Lipinski definition) is 4. The zero-order valence-electron chi connectivity index (χ0n) is 15.6. The van der Waals surface area contributed by atoms with Crippen LogP contribution in [0.5, 0.6) is 0 Å². The number of carboxylic acid groups (broad SMARTS) is 1. The molecule has 0 aliphatic heterocycles. The first-order chi connectivity index (χ1) is 13.5. The Kier molecular flexibility index (Phi) is 6.47. The summed E-state index contributed by atoms with van der Waals surface area (Å²) in [6.45, 7) is -0.282. The van der Waals surface area contributed by atoms with Crippen molar-refractivity contribution in [2.45, 2.75) is 44.2 Å². The van der Waals surface area contributed by atoms with Gasteiger partial charge < -0.3 is 21.1 Å². The van der Waals surface area contributed by atoms with Gasteiger partial charge in [-0.1, -0.05) is 55.7 Å². The van der Waals surface area contributed by atoms with E-state index in [0.29, 0.717) is 5.56 Å². The van der Waals surface area contributed by atoms with E-state index in [-0.39, 0.29) is 12.6 Å². The Hall–Kier alpha value is -3.09. The van der Waals surface area contributed by atoms with Crippen molar-refractivity contribution in [1.82, 2.24) is 16.0 Å². The normalized spacial score (nSPS) is 15.6. The predicted octanol–water partition coefficient (Wildman–Crippen LogP) is 2.71. The van der Waals surface area contributed by atoms with Crippen LogP contribution in [-0.2, 0) is 9.59 Å². The Labute approximate surface area is 163 Å². The average Bonchev–Trinajstić information content (AvgIpc) is 2.70. The lowest BCUT2D eigenvalue weighted by atomic mass is 9.96. The zero-order valence-corrected chi connectivity index (χ0v) is 15.6. The highest BCUT2D eigenvalue weighted by Crippen LogP contribution is 2.21. The molecule has 1 unspecified atom stereocenters. The van der Waals surface area contributed by atoms with Gasteiger partial charge >= 0.3 is 12.0 Å². The minimum absolute atomic E-state index is 0.140. The molecule has 1 aliphatic rings. The van der Waals surface area contributed by atoms with Crippen molar-refractivity contribution in [3.63, 3.8) is 0 Å². The van der Waals surface area contributed by atoms with Gasteiger partial charge in [0.05, 0.1) is 6.54 Å². The molecule has 4 N–H and O–H groups in total. The fraction of sp³-hybridized carbons (Fsp3) is 0.381. The first-order valence-corrected chi connectivity index (χ1v) is 9.58. The number of urea groups is 1. The summed E-state index contributed by atoms with van der Waals surface area (Å²) in [4.78, 5) is 35.8. The van der Waals surface area contributed by atoms with Crippen molar-refractivity contribution >= 4 is 28.7 Å². The van der Waals surface area contributed by atoms with Crippen molar-refractivity contribution in [2.75, 3.05) is 6.54 Å². The maximum atomic E-state index is 12.2. The fourth-order valence-electron chi connectivity index (χ4n) is 3.53. The number of amides is 3. The molecule has 3 amide bonds. The van der Waals surface area contributed by atoms with Crippen LogP contribution in [0.3, 0.4) is 0 Å². The lowest BCUT2D eigenvalue weighted by Crippen LogP contribution is -2.47. The third-order valence-electron chi connectivity index (χ3n) is 5.01. The number of benzene rings is 2. The Morgan fingerprint density at radius 2 is 1.71 bits per heavy atom. The molecule has 7 heteroatoms. The minimum Gasteiger partial charge on any atom is -0.479 e. The smallest absolute Gasteiger partial charge is 0.330 e. The van der Waals surface area contributed by atoms with Gasteiger partial charge in [0.25, 0.3) is 0 Å². The topological polar surface area (TPSA) is 108 Å². The maximum Gasteiger partial charge on any atom is 0.330 e. The standard InChI is InChI=1S/C21H25N3O4/c25-18(13-22-21(28)23-17-8-2-1-3-9-17)24-19(20(26)27)16-11-10-14-6-4-5-7-15(14)12-16/h4-7,10-12,17,19H,1-3,8-9,13H2,(H,24,25)(H,26,27)(H2,22,23,28). The number of carbonyl (C=O) groups excluding carboxylic acids is 2. The summed E-state index contributed by atoms with van der Waals surface area (Å²) in [6, 6.07) is 11.4. The molecule has 0 spiro atoms. The van der Waals surface area contributed by atoms with Crippen LogP contribution >= 0.6 is 0 Å². The number of carbonyl (C=O) groups is 3. The SMILES string of the molecule is O=C(CNC(=O)NC1CCCCC1)NC(C(=O)O)c1ccc2ccccc2c1. The molecule has 1 aliphatic carbocycles. The quantitative estimate of drug-likeness (QED) is 0.615. The van der Waals surface area contributed by atoms with E-state index >= 15 is 0 Å². The van der Waals surface area contributed by atoms with Crippen molar-refractivity contribution in [3.8, 4) is 0 Å². The Balaban J connectivity index is 1.56. The van der Waals surface area contributed by atoms with Gasteiger partial charge in [0.1, 0.15) is 0 Å². The maximum absolute atomic E-state index is 12.2. The molecule has 0 radical (unpaired) electrons. The number of fused-ring (bicyclic) bond motifs is 1. The Morgan fingerprint density at radius 1 is 1.00 bits per heavy atom. The van der Waals surface area contributed by atoms with E-state index in [2.05, 4.69) is 16.0 Å². The van der Waals surface area contributed by atoms with Crippen molar-refractivity contribution in [1.29, 1.82) is 0 Å². The van der Waals surface area contributed by atoms with Crippen LogP contribution in [0.1, 0.15) is 43.7 Å². The summed E-state index contributed by atoms with van der Waals surface area (Å²) < 4.78 is 0. The van der Waals surface area contributed by atoms with Crippen molar-refractivity contribution in [3.05, 3.63) is 48.0 Å². The lowest BCUT2D eigenvalue weighted by molar-refractivity contribution is -0.141. The largest absolute Gasteiger partial charge is 0.479 e. The van der Waals surface area contributed by atoms with Crippen LogP contribution in [-0.4, -0.2) is 35.6 Å². The van der Waals surface area contributed by atoms with Gasteiger partial charge in [0.15, 0.2) is 6.04 Å². The number of aliphatic carboxylic acids is 1. The molecule has 2 aromatic carbocycles. The molecular weight excluding hydrogens is 358 g/mol. The molecular formula is C21H25N3O4. The van der Waals surface area contributed by atoms with E-state index in [1.54, 1.807) is 12.1 Å². The van der Waals surface area contributed by atoms with Gasteiger partial charge in [0.2, 0.25) is 5.91 Å². The molecule has 7 nitrogen and oxygen atoms in total. The van der Waals surface area contributed by atoms with Crippen molar-refractivity contribution in [2.24, 2.45) is 0 Å². The van der Waals surface area contributed by atoms with Crippen LogP contribution in [0.25, 0.3) is 10.8 Å². The van der Waals surface area contributed by atoms with Gasteiger partial charge in [-0.25, -0.2) is 9.59 Å². The van der Waals surface area contributed by atoms with Crippen molar-refractivity contribution < 1.29 is 19.5 Å². The van der Waals surface area contributed by atoms with Gasteiger partial charge in [-0.05, 0) is 35.2 Å². The van der Waals surface area contributed by atoms with E-state index in [0.717, 1.165) is 36.5 Å². The zero-order chi connectivity index (χ0) is 19.9. The summed E-state index contributed by atoms with van der Waals surface area (Å²) in [5.41, 5.74) is 0.478. The molecule has 0 bridgehead atoms. The Bertz CT molecular complexity index is 862. The molecule has 0 saturated heterocycles. The summed E-state index contributed by atoms with van der Waals surface area (Å²) >= 11 is 0. The van der Waals surface area contributed by atoms with Gasteiger partial charge in [0, 0.05) is 6.04 Å². The average molecular weight is 383 g/mol. The van der Waals surface area contributed by atoms with Crippen LogP contribution in [0, 0.1) is 0 Å². The third kappa shape index (κ3) is 5.22. The summed E-state index contributed by atoms with van der Waals surface area (Å²) in [6.07, 6.45) is 5.27. The predicted molar refractivity (Wildman–Crippen MR) is 106 cm³/mol. The second-order valence-electron chi connectivity index (χ2n) is 7.11. The molecule has 1 atom stereocenters. The monoisotopic (exact) mass is 383 g/mol. The number of rotatable bonds is 6. The van der Waals surface area contributed by atoms with Crippen LogP contribution in [0.4, 0.5) is 4.79 Å². The van der Waals surface area contributed by atoms with E-state index in [1.807, 2.05) is 30.3 Å². The van der Waals surface area contributed by atoms with E-state index in [1.165, 1.54) is 6.42 Å². The molecule has 148 valence electrons. The molecule has 28 heavy (non-hydrogen) atoms. The van der Waals surface area contributed by atoms with Crippen LogP contribution in [0.2, 0.25) is 0 Å². The van der Waals surface area contributed by atoms with E-state index in [9.17, 15) is 19.5 Å². The van der Waals surface area contributed by atoms with Gasteiger partial charge in [-0.15, -0.1) is 0 Å². The van der Waals surface area contributed by atoms with Crippen LogP contribution in [0.15, 0.2) is 42.5 Å². The highest BCUT2D eigenvalue weighted by Gasteiger charge is 2.23. The summed E-state index contributed by atoms with van der Waals surface area (Å²) in [5, 5.41) is 19.2. The molecule has 2 aromatic rings. The minimum atomic E-state index is -1.18. The van der Waals surface area contributed by atoms with E-state index < -0.39 is 23.9 Å². The first kappa shape index (κ1) is 19.7. The second kappa shape index (κ2) is 9.21. The highest BCUT2D eigenvalue weighted by atomic mass is 16.4. The number of nitrogens with one attached hydrogen (secondary N) is 3. The number of hydrogen-bond acceptors (Lipinski definition) is 3. The highest BCUT2D eigenvalue weighted by molar-refractivity contribution is 5.89. The second-order valence-corrected chi connectivity index (χ2v) is 7.11. The molecule has 1 fully saturated rings.